The monoisotopic (exact) mass is 386 g/mol. The van der Waals surface area contributed by atoms with Gasteiger partial charge in [-0.2, -0.15) is 0 Å². The Labute approximate surface area is 163 Å². The van der Waals surface area contributed by atoms with Gasteiger partial charge in [-0.1, -0.05) is 26.7 Å². The summed E-state index contributed by atoms with van der Waals surface area (Å²) in [4.78, 5) is 12.4. The summed E-state index contributed by atoms with van der Waals surface area (Å²) >= 11 is 0. The van der Waals surface area contributed by atoms with Crippen LogP contribution in [0.4, 0.5) is 0 Å². The van der Waals surface area contributed by atoms with Crippen LogP contribution in [0.15, 0.2) is 0 Å². The summed E-state index contributed by atoms with van der Waals surface area (Å²) in [7, 11) is 0. The highest BCUT2D eigenvalue weighted by molar-refractivity contribution is 5.80. The predicted molar refractivity (Wildman–Crippen MR) is 102 cm³/mol. The van der Waals surface area contributed by atoms with Crippen LogP contribution in [0, 0.1) is 17.3 Å². The maximum Gasteiger partial charge on any atom is 0.312 e. The van der Waals surface area contributed by atoms with Crippen molar-refractivity contribution < 1.29 is 29.2 Å². The predicted octanol–water partition coefficient (Wildman–Crippen LogP) is 3.03. The molecule has 158 valence electrons. The fourth-order valence-electron chi connectivity index (χ4n) is 3.81. The minimum atomic E-state index is -0.815. The molecule has 6 nitrogen and oxygen atoms in total. The molecule has 2 N–H and O–H groups in total. The number of carbonyl (C=O) groups is 1. The van der Waals surface area contributed by atoms with Crippen molar-refractivity contribution in [1.82, 2.24) is 0 Å². The van der Waals surface area contributed by atoms with Gasteiger partial charge in [0.15, 0.2) is 6.29 Å². The first-order valence-electron chi connectivity index (χ1n) is 10.5. The van der Waals surface area contributed by atoms with Gasteiger partial charge in [-0.25, -0.2) is 0 Å². The maximum atomic E-state index is 12.4. The highest BCUT2D eigenvalue weighted by Gasteiger charge is 2.56. The van der Waals surface area contributed by atoms with Crippen molar-refractivity contribution >= 4 is 5.97 Å². The van der Waals surface area contributed by atoms with Crippen LogP contribution < -0.4 is 0 Å². The molecule has 6 heteroatoms. The van der Waals surface area contributed by atoms with E-state index in [0.29, 0.717) is 18.4 Å². The molecule has 0 aromatic rings. The Hall–Kier alpha value is -0.690. The second kappa shape index (κ2) is 9.68. The average Bonchev–Trinajstić information content (AvgIpc) is 3.30. The van der Waals surface area contributed by atoms with Gasteiger partial charge in [-0.05, 0) is 51.9 Å². The van der Waals surface area contributed by atoms with E-state index in [2.05, 4.69) is 13.8 Å². The van der Waals surface area contributed by atoms with Gasteiger partial charge in [-0.3, -0.25) is 4.79 Å². The SMILES string of the molecule is CCC(CC)COC(=O)[C@@]1(C)C[C@H]1CC[C@@H](C)O[C@@H]1O[C@@H](C)[C@H](O)C[C@H]1O. The van der Waals surface area contributed by atoms with E-state index in [1.165, 1.54) is 0 Å². The molecule has 0 bridgehead atoms. The topological polar surface area (TPSA) is 85.2 Å². The number of esters is 1. The lowest BCUT2D eigenvalue weighted by Crippen LogP contribution is -2.48. The first-order chi connectivity index (χ1) is 12.7. The summed E-state index contributed by atoms with van der Waals surface area (Å²) < 4.78 is 17.0. The molecule has 0 radical (unpaired) electrons. The summed E-state index contributed by atoms with van der Waals surface area (Å²) in [6.07, 6.45) is 2.27. The molecule has 1 aliphatic carbocycles. The van der Waals surface area contributed by atoms with Crippen molar-refractivity contribution in [2.24, 2.45) is 17.3 Å². The number of ether oxygens (including phenoxy) is 3. The van der Waals surface area contributed by atoms with Gasteiger partial charge in [0.25, 0.3) is 0 Å². The Bertz CT molecular complexity index is 479. The number of aliphatic hydroxyl groups excluding tert-OH is 2. The van der Waals surface area contributed by atoms with E-state index in [0.717, 1.165) is 32.1 Å². The lowest BCUT2D eigenvalue weighted by molar-refractivity contribution is -0.273. The fraction of sp³-hybridized carbons (Fsp3) is 0.952. The molecular weight excluding hydrogens is 348 g/mol. The van der Waals surface area contributed by atoms with Crippen LogP contribution in [-0.2, 0) is 19.0 Å². The van der Waals surface area contributed by atoms with E-state index in [1.807, 2.05) is 13.8 Å². The van der Waals surface area contributed by atoms with Crippen LogP contribution in [-0.4, -0.2) is 53.5 Å². The molecule has 7 atom stereocenters. The van der Waals surface area contributed by atoms with E-state index in [9.17, 15) is 15.0 Å². The van der Waals surface area contributed by atoms with Crippen molar-refractivity contribution in [2.45, 2.75) is 104 Å². The standard InChI is InChI=1S/C21H38O6/c1-6-15(7-2)12-25-20(24)21(5)11-16(21)9-8-13(3)26-19-18(23)10-17(22)14(4)27-19/h13-19,22-23H,6-12H2,1-5H3/t13-,14+,16-,17-,18-,19-,21+/m1/s1. The summed E-state index contributed by atoms with van der Waals surface area (Å²) in [5.41, 5.74) is -0.356. The number of rotatable bonds is 10. The third-order valence-electron chi connectivity index (χ3n) is 6.46. The van der Waals surface area contributed by atoms with Crippen molar-refractivity contribution in [3.63, 3.8) is 0 Å². The molecule has 1 saturated heterocycles. The second-order valence-electron chi connectivity index (χ2n) is 8.70. The summed E-state index contributed by atoms with van der Waals surface area (Å²) in [6, 6.07) is 0. The van der Waals surface area contributed by atoms with Crippen LogP contribution in [0.2, 0.25) is 0 Å². The Kier molecular flexibility index (Phi) is 8.10. The molecule has 0 amide bonds. The van der Waals surface area contributed by atoms with Gasteiger partial charge in [0.05, 0.1) is 30.3 Å². The molecule has 0 aromatic heterocycles. The van der Waals surface area contributed by atoms with Crippen LogP contribution in [0.5, 0.6) is 0 Å². The molecular formula is C21H38O6. The number of hydrogen-bond donors (Lipinski definition) is 2. The van der Waals surface area contributed by atoms with Crippen LogP contribution >= 0.6 is 0 Å². The molecule has 1 heterocycles. The zero-order valence-corrected chi connectivity index (χ0v) is 17.5. The molecule has 27 heavy (non-hydrogen) atoms. The summed E-state index contributed by atoms with van der Waals surface area (Å²) in [5, 5.41) is 19.7. The average molecular weight is 387 g/mol. The molecule has 1 saturated carbocycles. The quantitative estimate of drug-likeness (QED) is 0.561. The van der Waals surface area contributed by atoms with E-state index in [-0.39, 0.29) is 30.0 Å². The molecule has 0 aromatic carbocycles. The molecule has 1 aliphatic heterocycles. The van der Waals surface area contributed by atoms with Crippen LogP contribution in [0.25, 0.3) is 0 Å². The minimum Gasteiger partial charge on any atom is -0.465 e. The second-order valence-corrected chi connectivity index (χ2v) is 8.70. The summed E-state index contributed by atoms with van der Waals surface area (Å²) in [6.45, 7) is 10.5. The molecule has 2 fully saturated rings. The lowest BCUT2D eigenvalue weighted by Gasteiger charge is -2.36. The molecule has 2 aliphatic rings. The first-order valence-corrected chi connectivity index (χ1v) is 10.5. The Balaban J connectivity index is 1.70. The Morgan fingerprint density at radius 2 is 1.93 bits per heavy atom. The summed E-state index contributed by atoms with van der Waals surface area (Å²) in [5.74, 6) is 0.712. The number of aliphatic hydroxyl groups is 2. The smallest absolute Gasteiger partial charge is 0.312 e. The highest BCUT2D eigenvalue weighted by atomic mass is 16.7. The normalized spacial score (nSPS) is 37.3. The molecule has 2 rings (SSSR count). The highest BCUT2D eigenvalue weighted by Crippen LogP contribution is 2.55. The third-order valence-corrected chi connectivity index (χ3v) is 6.46. The van der Waals surface area contributed by atoms with Gasteiger partial charge in [0.2, 0.25) is 0 Å². The van der Waals surface area contributed by atoms with E-state index >= 15 is 0 Å². The van der Waals surface area contributed by atoms with Gasteiger partial charge < -0.3 is 24.4 Å². The van der Waals surface area contributed by atoms with Gasteiger partial charge in [-0.15, -0.1) is 0 Å². The molecule has 0 spiro atoms. The molecule has 0 unspecified atom stereocenters. The van der Waals surface area contributed by atoms with Crippen molar-refractivity contribution in [2.75, 3.05) is 6.61 Å². The number of carbonyl (C=O) groups excluding carboxylic acids is 1. The fourth-order valence-corrected chi connectivity index (χ4v) is 3.81. The first kappa shape index (κ1) is 22.6. The number of hydrogen-bond acceptors (Lipinski definition) is 6. The van der Waals surface area contributed by atoms with Crippen LogP contribution in [0.1, 0.15) is 73.1 Å². The minimum absolute atomic E-state index is 0.0678. The van der Waals surface area contributed by atoms with E-state index in [1.54, 1.807) is 6.92 Å². The third kappa shape index (κ3) is 5.89. The van der Waals surface area contributed by atoms with Gasteiger partial charge >= 0.3 is 5.97 Å². The van der Waals surface area contributed by atoms with E-state index in [4.69, 9.17) is 14.2 Å². The zero-order valence-electron chi connectivity index (χ0n) is 17.5. The van der Waals surface area contributed by atoms with Crippen molar-refractivity contribution in [1.29, 1.82) is 0 Å². The van der Waals surface area contributed by atoms with Gasteiger partial charge in [0.1, 0.15) is 6.10 Å². The Morgan fingerprint density at radius 1 is 1.26 bits per heavy atom. The zero-order chi connectivity index (χ0) is 20.2. The van der Waals surface area contributed by atoms with E-state index < -0.39 is 18.5 Å². The lowest BCUT2D eigenvalue weighted by atomic mass is 10.0. The largest absolute Gasteiger partial charge is 0.465 e. The van der Waals surface area contributed by atoms with Crippen LogP contribution in [0.3, 0.4) is 0 Å². The Morgan fingerprint density at radius 3 is 2.56 bits per heavy atom. The maximum absolute atomic E-state index is 12.4. The van der Waals surface area contributed by atoms with Crippen molar-refractivity contribution in [3.05, 3.63) is 0 Å². The van der Waals surface area contributed by atoms with Gasteiger partial charge in [0, 0.05) is 6.42 Å². The van der Waals surface area contributed by atoms with Crippen molar-refractivity contribution in [3.8, 4) is 0 Å².